The standard InChI is InChI=1S/C15H22N2O/c1-10(2)13-9-17(15(18)16-11(3)4)14-8-6-5-7-12(13)14/h5-8,10-11,13H,9H2,1-4H3,(H,16,18). The Morgan fingerprint density at radius 2 is 1.94 bits per heavy atom. The Kier molecular flexibility index (Phi) is 3.60. The number of anilines is 1. The molecule has 1 aromatic rings. The van der Waals surface area contributed by atoms with Crippen molar-refractivity contribution in [3.05, 3.63) is 29.8 Å². The van der Waals surface area contributed by atoms with Gasteiger partial charge in [-0.25, -0.2) is 4.79 Å². The van der Waals surface area contributed by atoms with E-state index in [1.165, 1.54) is 5.56 Å². The molecule has 98 valence electrons. The van der Waals surface area contributed by atoms with Gasteiger partial charge in [0.25, 0.3) is 0 Å². The number of amides is 2. The van der Waals surface area contributed by atoms with Crippen LogP contribution in [0, 0.1) is 5.92 Å². The molecule has 1 aliphatic heterocycles. The number of fused-ring (bicyclic) bond motifs is 1. The van der Waals surface area contributed by atoms with E-state index < -0.39 is 0 Å². The van der Waals surface area contributed by atoms with Crippen LogP contribution in [0.1, 0.15) is 39.2 Å². The van der Waals surface area contributed by atoms with Crippen molar-refractivity contribution in [2.45, 2.75) is 39.7 Å². The SMILES string of the molecule is CC(C)NC(=O)N1CC(C(C)C)c2ccccc21. The highest BCUT2D eigenvalue weighted by Crippen LogP contribution is 2.39. The van der Waals surface area contributed by atoms with Crippen LogP contribution in [0.15, 0.2) is 24.3 Å². The van der Waals surface area contributed by atoms with E-state index in [9.17, 15) is 4.79 Å². The van der Waals surface area contributed by atoms with Gasteiger partial charge in [0.2, 0.25) is 0 Å². The van der Waals surface area contributed by atoms with Crippen molar-refractivity contribution in [2.24, 2.45) is 5.92 Å². The maximum absolute atomic E-state index is 12.2. The van der Waals surface area contributed by atoms with Gasteiger partial charge in [0, 0.05) is 24.2 Å². The van der Waals surface area contributed by atoms with Crippen LogP contribution in [-0.2, 0) is 0 Å². The third kappa shape index (κ3) is 2.35. The van der Waals surface area contributed by atoms with Crippen molar-refractivity contribution in [3.8, 4) is 0 Å². The van der Waals surface area contributed by atoms with E-state index in [-0.39, 0.29) is 12.1 Å². The van der Waals surface area contributed by atoms with Crippen LogP contribution in [0.5, 0.6) is 0 Å². The Labute approximate surface area is 109 Å². The van der Waals surface area contributed by atoms with Crippen LogP contribution in [0.3, 0.4) is 0 Å². The number of nitrogens with one attached hydrogen (secondary N) is 1. The van der Waals surface area contributed by atoms with Crippen molar-refractivity contribution < 1.29 is 4.79 Å². The van der Waals surface area contributed by atoms with E-state index in [0.29, 0.717) is 11.8 Å². The normalized spacial score (nSPS) is 18.3. The number of urea groups is 1. The second kappa shape index (κ2) is 5.01. The fourth-order valence-electron chi connectivity index (χ4n) is 2.53. The summed E-state index contributed by atoms with van der Waals surface area (Å²) in [7, 11) is 0. The van der Waals surface area contributed by atoms with Gasteiger partial charge in [0.15, 0.2) is 0 Å². The molecule has 3 heteroatoms. The van der Waals surface area contributed by atoms with Gasteiger partial charge in [-0.05, 0) is 31.4 Å². The van der Waals surface area contributed by atoms with Crippen LogP contribution in [0.4, 0.5) is 10.5 Å². The third-order valence-electron chi connectivity index (χ3n) is 3.47. The molecule has 0 aromatic heterocycles. The lowest BCUT2D eigenvalue weighted by Crippen LogP contribution is -2.42. The first kappa shape index (κ1) is 12.9. The highest BCUT2D eigenvalue weighted by atomic mass is 16.2. The number of benzene rings is 1. The fourth-order valence-corrected chi connectivity index (χ4v) is 2.53. The molecular weight excluding hydrogens is 224 g/mol. The quantitative estimate of drug-likeness (QED) is 0.852. The van der Waals surface area contributed by atoms with Crippen LogP contribution in [0.25, 0.3) is 0 Å². The van der Waals surface area contributed by atoms with Gasteiger partial charge in [-0.3, -0.25) is 4.90 Å². The van der Waals surface area contributed by atoms with E-state index >= 15 is 0 Å². The van der Waals surface area contributed by atoms with Gasteiger partial charge in [0.05, 0.1) is 0 Å². The van der Waals surface area contributed by atoms with Crippen molar-refractivity contribution in [1.82, 2.24) is 5.32 Å². The van der Waals surface area contributed by atoms with E-state index in [1.807, 2.05) is 30.9 Å². The molecule has 0 radical (unpaired) electrons. The second-order valence-electron chi connectivity index (χ2n) is 5.62. The monoisotopic (exact) mass is 246 g/mol. The largest absolute Gasteiger partial charge is 0.336 e. The number of carbonyl (C=O) groups excluding carboxylic acids is 1. The lowest BCUT2D eigenvalue weighted by molar-refractivity contribution is 0.244. The molecule has 1 aromatic carbocycles. The molecule has 1 unspecified atom stereocenters. The van der Waals surface area contributed by atoms with Gasteiger partial charge < -0.3 is 5.32 Å². The zero-order chi connectivity index (χ0) is 13.3. The smallest absolute Gasteiger partial charge is 0.322 e. The van der Waals surface area contributed by atoms with Crippen LogP contribution in [0.2, 0.25) is 0 Å². The molecule has 0 saturated heterocycles. The molecule has 0 fully saturated rings. The molecule has 3 nitrogen and oxygen atoms in total. The minimum atomic E-state index is 0.0144. The second-order valence-corrected chi connectivity index (χ2v) is 5.62. The molecule has 0 spiro atoms. The lowest BCUT2D eigenvalue weighted by Gasteiger charge is -2.21. The lowest BCUT2D eigenvalue weighted by atomic mass is 9.90. The molecule has 1 heterocycles. The van der Waals surface area contributed by atoms with Crippen molar-refractivity contribution in [1.29, 1.82) is 0 Å². The summed E-state index contributed by atoms with van der Waals surface area (Å²) in [6, 6.07) is 8.42. The Bertz CT molecular complexity index is 440. The van der Waals surface area contributed by atoms with E-state index in [2.05, 4.69) is 31.3 Å². The fraction of sp³-hybridized carbons (Fsp3) is 0.533. The topological polar surface area (TPSA) is 32.3 Å². The Balaban J connectivity index is 2.28. The van der Waals surface area contributed by atoms with Gasteiger partial charge in [-0.1, -0.05) is 32.0 Å². The minimum absolute atomic E-state index is 0.0144. The molecular formula is C15H22N2O. The summed E-state index contributed by atoms with van der Waals surface area (Å²) >= 11 is 0. The number of para-hydroxylation sites is 1. The Morgan fingerprint density at radius 3 is 2.56 bits per heavy atom. The van der Waals surface area contributed by atoms with Gasteiger partial charge >= 0.3 is 6.03 Å². The average molecular weight is 246 g/mol. The summed E-state index contributed by atoms with van der Waals surface area (Å²) < 4.78 is 0. The van der Waals surface area contributed by atoms with Gasteiger partial charge in [0.1, 0.15) is 0 Å². The third-order valence-corrected chi connectivity index (χ3v) is 3.47. The van der Waals surface area contributed by atoms with Crippen LogP contribution in [-0.4, -0.2) is 18.6 Å². The maximum Gasteiger partial charge on any atom is 0.322 e. The molecule has 1 N–H and O–H groups in total. The number of rotatable bonds is 2. The van der Waals surface area contributed by atoms with Crippen molar-refractivity contribution in [2.75, 3.05) is 11.4 Å². The van der Waals surface area contributed by atoms with Crippen molar-refractivity contribution >= 4 is 11.7 Å². The van der Waals surface area contributed by atoms with Gasteiger partial charge in [-0.15, -0.1) is 0 Å². The molecule has 2 amide bonds. The molecule has 0 aliphatic carbocycles. The molecule has 1 atom stereocenters. The molecule has 0 saturated carbocycles. The first-order chi connectivity index (χ1) is 8.50. The average Bonchev–Trinajstić information content (AvgIpc) is 2.67. The predicted octanol–water partition coefficient (Wildman–Crippen LogP) is 3.36. The van der Waals surface area contributed by atoms with E-state index in [0.717, 1.165) is 12.2 Å². The highest BCUT2D eigenvalue weighted by molar-refractivity contribution is 5.94. The van der Waals surface area contributed by atoms with Crippen LogP contribution < -0.4 is 10.2 Å². The summed E-state index contributed by atoms with van der Waals surface area (Å²) in [6.07, 6.45) is 0. The summed E-state index contributed by atoms with van der Waals surface area (Å²) in [4.78, 5) is 14.1. The Morgan fingerprint density at radius 1 is 1.28 bits per heavy atom. The molecule has 1 aliphatic rings. The minimum Gasteiger partial charge on any atom is -0.336 e. The maximum atomic E-state index is 12.2. The molecule has 18 heavy (non-hydrogen) atoms. The number of hydrogen-bond donors (Lipinski definition) is 1. The predicted molar refractivity (Wildman–Crippen MR) is 75.0 cm³/mol. The zero-order valence-corrected chi connectivity index (χ0v) is 11.6. The van der Waals surface area contributed by atoms with Crippen molar-refractivity contribution in [3.63, 3.8) is 0 Å². The summed E-state index contributed by atoms with van der Waals surface area (Å²) in [5.74, 6) is 0.988. The Hall–Kier alpha value is -1.51. The molecule has 2 rings (SSSR count). The number of nitrogens with zero attached hydrogens (tertiary/aromatic N) is 1. The number of carbonyl (C=O) groups is 1. The molecule has 0 bridgehead atoms. The summed E-state index contributed by atoms with van der Waals surface area (Å²) in [5.41, 5.74) is 2.36. The first-order valence-corrected chi connectivity index (χ1v) is 6.67. The van der Waals surface area contributed by atoms with E-state index in [4.69, 9.17) is 0 Å². The number of hydrogen-bond acceptors (Lipinski definition) is 1. The summed E-state index contributed by atoms with van der Waals surface area (Å²) in [5, 5.41) is 2.97. The summed E-state index contributed by atoms with van der Waals surface area (Å²) in [6.45, 7) is 9.19. The first-order valence-electron chi connectivity index (χ1n) is 6.67. The van der Waals surface area contributed by atoms with E-state index in [1.54, 1.807) is 0 Å². The zero-order valence-electron chi connectivity index (χ0n) is 11.6. The highest BCUT2D eigenvalue weighted by Gasteiger charge is 2.33. The van der Waals surface area contributed by atoms with Crippen LogP contribution >= 0.6 is 0 Å². The van der Waals surface area contributed by atoms with Gasteiger partial charge in [-0.2, -0.15) is 0 Å².